The Morgan fingerprint density at radius 1 is 0.667 bits per heavy atom. The van der Waals surface area contributed by atoms with Crippen molar-refractivity contribution < 1.29 is 0 Å². The van der Waals surface area contributed by atoms with Gasteiger partial charge in [-0.3, -0.25) is 9.34 Å². The highest BCUT2D eigenvalue weighted by Crippen LogP contribution is 2.42. The Kier molecular flexibility index (Phi) is 8.93. The third-order valence-corrected chi connectivity index (χ3v) is 6.09. The molecule has 0 amide bonds. The molecule has 0 fully saturated rings. The van der Waals surface area contributed by atoms with E-state index in [-0.39, 0.29) is 0 Å². The molecule has 2 nitrogen and oxygen atoms in total. The third kappa shape index (κ3) is 5.43. The van der Waals surface area contributed by atoms with Crippen molar-refractivity contribution in [3.8, 4) is 0 Å². The Labute approximate surface area is 80.7 Å². The zero-order valence-corrected chi connectivity index (χ0v) is 10.7. The van der Waals surface area contributed by atoms with Gasteiger partial charge in [0.25, 0.3) is 0 Å². The fraction of sp³-hybridized carbons (Fsp3) is 1.00. The lowest BCUT2D eigenvalue weighted by Gasteiger charge is -2.23. The second-order valence-corrected chi connectivity index (χ2v) is 5.62. The van der Waals surface area contributed by atoms with E-state index in [1.165, 1.54) is 26.2 Å². The fourth-order valence-corrected chi connectivity index (χ4v) is 4.57. The van der Waals surface area contributed by atoms with Crippen molar-refractivity contribution in [2.75, 3.05) is 26.2 Å². The van der Waals surface area contributed by atoms with Crippen LogP contribution >= 0.6 is 16.8 Å². The normalized spacial score (nSPS) is 13.5. The first-order valence-corrected chi connectivity index (χ1v) is 7.68. The highest BCUT2D eigenvalue weighted by Gasteiger charge is 2.02. The molecule has 74 valence electrons. The van der Waals surface area contributed by atoms with Crippen molar-refractivity contribution >= 4 is 16.8 Å². The first-order chi connectivity index (χ1) is 5.78. The van der Waals surface area contributed by atoms with Crippen LogP contribution in [0.2, 0.25) is 0 Å². The summed E-state index contributed by atoms with van der Waals surface area (Å²) in [6, 6.07) is 0. The number of nitrogens with zero attached hydrogens (tertiary/aromatic N) is 2. The van der Waals surface area contributed by atoms with Crippen molar-refractivity contribution in [2.24, 2.45) is 0 Å². The zero-order chi connectivity index (χ0) is 9.40. The maximum atomic E-state index is 2.51. The second kappa shape index (κ2) is 8.38. The standard InChI is InChI=1S/C8H22N2P2/c1-5-9(6-2)11-12-10(7-3)8-4/h11-12H,5-8H2,1-4H3. The molecular formula is C8H22N2P2. The Morgan fingerprint density at radius 3 is 1.08 bits per heavy atom. The lowest BCUT2D eigenvalue weighted by Crippen LogP contribution is -2.14. The van der Waals surface area contributed by atoms with E-state index in [1.807, 2.05) is 0 Å². The van der Waals surface area contributed by atoms with Crippen LogP contribution in [-0.2, 0) is 0 Å². The van der Waals surface area contributed by atoms with Crippen LogP contribution in [0.3, 0.4) is 0 Å². The van der Waals surface area contributed by atoms with Crippen molar-refractivity contribution in [2.45, 2.75) is 27.7 Å². The Balaban J connectivity index is 3.49. The summed E-state index contributed by atoms with van der Waals surface area (Å²) in [7, 11) is 2.01. The van der Waals surface area contributed by atoms with Crippen molar-refractivity contribution in [3.63, 3.8) is 0 Å². The molecule has 4 heteroatoms. The maximum absolute atomic E-state index is 2.51. The quantitative estimate of drug-likeness (QED) is 0.593. The molecule has 0 aromatic heterocycles. The minimum Gasteiger partial charge on any atom is -0.281 e. The van der Waals surface area contributed by atoms with Gasteiger partial charge in [-0.1, -0.05) is 27.7 Å². The summed E-state index contributed by atoms with van der Waals surface area (Å²) in [4.78, 5) is 0. The van der Waals surface area contributed by atoms with Gasteiger partial charge >= 0.3 is 0 Å². The molecule has 0 saturated heterocycles. The fourth-order valence-electron chi connectivity index (χ4n) is 0.905. The summed E-state index contributed by atoms with van der Waals surface area (Å²) >= 11 is 0. The van der Waals surface area contributed by atoms with Crippen LogP contribution in [0.4, 0.5) is 0 Å². The molecule has 0 saturated carbocycles. The Morgan fingerprint density at radius 2 is 0.917 bits per heavy atom. The summed E-state index contributed by atoms with van der Waals surface area (Å²) in [5.74, 6) is 0. The summed E-state index contributed by atoms with van der Waals surface area (Å²) in [5.41, 5.74) is 0. The van der Waals surface area contributed by atoms with E-state index in [0.717, 1.165) is 16.8 Å². The first-order valence-electron chi connectivity index (χ1n) is 4.79. The molecule has 0 spiro atoms. The van der Waals surface area contributed by atoms with Gasteiger partial charge in [0.2, 0.25) is 0 Å². The highest BCUT2D eigenvalue weighted by molar-refractivity contribution is 8.09. The van der Waals surface area contributed by atoms with Gasteiger partial charge in [-0.15, -0.1) is 0 Å². The molecule has 0 aliphatic rings. The topological polar surface area (TPSA) is 6.48 Å². The molecule has 2 atom stereocenters. The smallest absolute Gasteiger partial charge is 0.000662 e. The van der Waals surface area contributed by atoms with Crippen LogP contribution in [0.15, 0.2) is 0 Å². The molecule has 2 unspecified atom stereocenters. The minimum absolute atomic E-state index is 1.00. The molecule has 12 heavy (non-hydrogen) atoms. The van der Waals surface area contributed by atoms with E-state index < -0.39 is 0 Å². The van der Waals surface area contributed by atoms with Crippen LogP contribution in [0, 0.1) is 0 Å². The molecular weight excluding hydrogens is 186 g/mol. The third-order valence-electron chi connectivity index (χ3n) is 1.89. The molecule has 0 bridgehead atoms. The predicted octanol–water partition coefficient (Wildman–Crippen LogP) is 2.77. The molecule has 0 aromatic rings. The first kappa shape index (κ1) is 12.8. The van der Waals surface area contributed by atoms with E-state index in [1.54, 1.807) is 0 Å². The van der Waals surface area contributed by atoms with Crippen LogP contribution in [0.5, 0.6) is 0 Å². The minimum atomic E-state index is 1.00. The van der Waals surface area contributed by atoms with Gasteiger partial charge in [-0.25, -0.2) is 0 Å². The second-order valence-electron chi connectivity index (χ2n) is 2.57. The Hall–Kier alpha value is 0.780. The van der Waals surface area contributed by atoms with Gasteiger partial charge in [-0.05, 0) is 43.0 Å². The van der Waals surface area contributed by atoms with Crippen molar-refractivity contribution in [1.82, 2.24) is 9.34 Å². The molecule has 0 radical (unpaired) electrons. The lowest BCUT2D eigenvalue weighted by atomic mass is 10.7. The van der Waals surface area contributed by atoms with E-state index in [9.17, 15) is 0 Å². The largest absolute Gasteiger partial charge is 0.281 e. The van der Waals surface area contributed by atoms with Gasteiger partial charge < -0.3 is 0 Å². The molecule has 0 rings (SSSR count). The van der Waals surface area contributed by atoms with Gasteiger partial charge in [0.05, 0.1) is 0 Å². The molecule has 0 aliphatic carbocycles. The summed E-state index contributed by atoms with van der Waals surface area (Å²) < 4.78 is 5.02. The number of rotatable bonds is 7. The Bertz CT molecular complexity index is 81.1. The van der Waals surface area contributed by atoms with Crippen LogP contribution in [-0.4, -0.2) is 35.5 Å². The van der Waals surface area contributed by atoms with Gasteiger partial charge in [-0.2, -0.15) is 0 Å². The van der Waals surface area contributed by atoms with Crippen LogP contribution in [0.1, 0.15) is 27.7 Å². The van der Waals surface area contributed by atoms with E-state index >= 15 is 0 Å². The van der Waals surface area contributed by atoms with E-state index in [4.69, 9.17) is 0 Å². The van der Waals surface area contributed by atoms with E-state index in [2.05, 4.69) is 37.0 Å². The van der Waals surface area contributed by atoms with Crippen LogP contribution in [0.25, 0.3) is 0 Å². The molecule has 0 N–H and O–H groups in total. The average Bonchev–Trinajstić information content (AvgIpc) is 2.13. The highest BCUT2D eigenvalue weighted by atomic mass is 32.0. The summed E-state index contributed by atoms with van der Waals surface area (Å²) in [5, 5.41) is 0. The van der Waals surface area contributed by atoms with Gasteiger partial charge in [0, 0.05) is 0 Å². The summed E-state index contributed by atoms with van der Waals surface area (Å²) in [6.07, 6.45) is 0. The van der Waals surface area contributed by atoms with E-state index in [0.29, 0.717) is 0 Å². The van der Waals surface area contributed by atoms with Crippen molar-refractivity contribution in [3.05, 3.63) is 0 Å². The predicted molar refractivity (Wildman–Crippen MR) is 62.5 cm³/mol. The zero-order valence-electron chi connectivity index (χ0n) is 8.72. The van der Waals surface area contributed by atoms with Crippen LogP contribution < -0.4 is 0 Å². The molecule has 0 heterocycles. The van der Waals surface area contributed by atoms with Gasteiger partial charge in [0.1, 0.15) is 0 Å². The SMILES string of the molecule is CCN(CC)PPN(CC)CC. The number of hydrogen-bond donors (Lipinski definition) is 0. The van der Waals surface area contributed by atoms with Gasteiger partial charge in [0.15, 0.2) is 0 Å². The lowest BCUT2D eigenvalue weighted by molar-refractivity contribution is 0.508. The average molecular weight is 208 g/mol. The molecule has 0 aliphatic heterocycles. The maximum Gasteiger partial charge on any atom is -0.000662 e. The van der Waals surface area contributed by atoms with Crippen molar-refractivity contribution in [1.29, 1.82) is 0 Å². The molecule has 0 aromatic carbocycles. The summed E-state index contributed by atoms with van der Waals surface area (Å²) in [6.45, 7) is 13.7. The monoisotopic (exact) mass is 208 g/mol. The number of hydrogen-bond acceptors (Lipinski definition) is 2.